The maximum Gasteiger partial charge on any atom is 0.296 e. The van der Waals surface area contributed by atoms with Gasteiger partial charge in [-0.25, -0.2) is 4.98 Å². The largest absolute Gasteiger partial charge is 0.374 e. The fourth-order valence-corrected chi connectivity index (χ4v) is 5.89. The van der Waals surface area contributed by atoms with Crippen molar-refractivity contribution in [3.05, 3.63) is 105 Å². The van der Waals surface area contributed by atoms with Crippen LogP contribution in [0.5, 0.6) is 0 Å². The molecule has 0 spiro atoms. The normalized spacial score (nSPS) is 18.9. The Labute approximate surface area is 242 Å². The van der Waals surface area contributed by atoms with Crippen molar-refractivity contribution in [1.82, 2.24) is 15.6 Å². The number of rotatable bonds is 7. The molecule has 2 unspecified atom stereocenters. The number of carbonyl (C=O) groups is 3. The molecule has 0 saturated carbocycles. The van der Waals surface area contributed by atoms with Gasteiger partial charge in [-0.1, -0.05) is 54.5 Å². The third kappa shape index (κ3) is 5.30. The van der Waals surface area contributed by atoms with E-state index in [-0.39, 0.29) is 11.8 Å². The number of aromatic nitrogens is 1. The lowest BCUT2D eigenvalue weighted by atomic mass is 9.73. The lowest BCUT2D eigenvalue weighted by Gasteiger charge is -2.37. The van der Waals surface area contributed by atoms with Gasteiger partial charge < -0.3 is 21.7 Å². The fourth-order valence-electron chi connectivity index (χ4n) is 5.36. The third-order valence-electron chi connectivity index (χ3n) is 7.40. The molecule has 3 amide bonds. The lowest BCUT2D eigenvalue weighted by molar-refractivity contribution is -0.121. The summed E-state index contributed by atoms with van der Waals surface area (Å²) in [5, 5.41) is 11.5. The molecule has 0 fully saturated rings. The highest BCUT2D eigenvalue weighted by Crippen LogP contribution is 2.46. The van der Waals surface area contributed by atoms with E-state index in [0.717, 1.165) is 39.1 Å². The minimum atomic E-state index is -0.818. The van der Waals surface area contributed by atoms with E-state index in [4.69, 9.17) is 5.73 Å². The second-order valence-electron chi connectivity index (χ2n) is 9.94. The van der Waals surface area contributed by atoms with Gasteiger partial charge in [0.15, 0.2) is 5.01 Å². The Kier molecular flexibility index (Phi) is 7.60. The monoisotopic (exact) mass is 563 g/mol. The SMILES string of the molecule is CC#CC(=O)NCc1ccccc1C1=CC2=C(c3cccc(NC(=O)c4nccs4)c3C)C=CC(C(N)=O)C2(C)N1. The van der Waals surface area contributed by atoms with Gasteiger partial charge in [-0.3, -0.25) is 14.4 Å². The number of carbonyl (C=O) groups excluding carboxylic acids is 3. The molecule has 0 radical (unpaired) electrons. The number of nitrogens with one attached hydrogen (secondary N) is 3. The summed E-state index contributed by atoms with van der Waals surface area (Å²) in [6, 6.07) is 13.5. The number of nitrogens with zero attached hydrogens (tertiary/aromatic N) is 1. The zero-order valence-electron chi connectivity index (χ0n) is 22.9. The van der Waals surface area contributed by atoms with E-state index in [1.807, 2.05) is 74.5 Å². The molecule has 2 aliphatic rings. The Hall–Kier alpha value is -4.94. The Bertz CT molecular complexity index is 1710. The molecule has 2 heterocycles. The quantitative estimate of drug-likeness (QED) is 0.321. The number of anilines is 1. The van der Waals surface area contributed by atoms with Crippen molar-refractivity contribution in [2.24, 2.45) is 11.7 Å². The van der Waals surface area contributed by atoms with Crippen LogP contribution in [0, 0.1) is 24.7 Å². The van der Waals surface area contributed by atoms with Crippen molar-refractivity contribution in [2.75, 3.05) is 5.32 Å². The molecular formula is C32H29N5O3S. The first kappa shape index (κ1) is 27.6. The molecule has 5 rings (SSSR count). The molecule has 41 heavy (non-hydrogen) atoms. The number of primary amides is 1. The van der Waals surface area contributed by atoms with Gasteiger partial charge in [0.05, 0.1) is 11.5 Å². The van der Waals surface area contributed by atoms with Gasteiger partial charge in [0.2, 0.25) is 5.91 Å². The van der Waals surface area contributed by atoms with Crippen LogP contribution in [0.1, 0.15) is 45.9 Å². The van der Waals surface area contributed by atoms with Gasteiger partial charge in [0, 0.05) is 35.1 Å². The maximum atomic E-state index is 12.7. The number of amides is 3. The van der Waals surface area contributed by atoms with Crippen LogP contribution in [0.25, 0.3) is 11.3 Å². The van der Waals surface area contributed by atoms with Crippen LogP contribution in [0.15, 0.2) is 77.8 Å². The molecular weight excluding hydrogens is 534 g/mol. The highest BCUT2D eigenvalue weighted by Gasteiger charge is 2.46. The van der Waals surface area contributed by atoms with E-state index in [9.17, 15) is 14.4 Å². The molecule has 2 aromatic carbocycles. The van der Waals surface area contributed by atoms with Gasteiger partial charge in [0.1, 0.15) is 0 Å². The van der Waals surface area contributed by atoms with Crippen LogP contribution in [0.4, 0.5) is 5.69 Å². The van der Waals surface area contributed by atoms with Crippen LogP contribution in [0.3, 0.4) is 0 Å². The van der Waals surface area contributed by atoms with Gasteiger partial charge in [0.25, 0.3) is 11.8 Å². The van der Waals surface area contributed by atoms with Gasteiger partial charge >= 0.3 is 0 Å². The van der Waals surface area contributed by atoms with Gasteiger partial charge in [-0.05, 0) is 66.7 Å². The van der Waals surface area contributed by atoms with E-state index >= 15 is 0 Å². The molecule has 1 aliphatic carbocycles. The van der Waals surface area contributed by atoms with E-state index in [2.05, 4.69) is 32.8 Å². The molecule has 0 bridgehead atoms. The average molecular weight is 564 g/mol. The third-order valence-corrected chi connectivity index (χ3v) is 8.17. The van der Waals surface area contributed by atoms with E-state index in [0.29, 0.717) is 17.2 Å². The van der Waals surface area contributed by atoms with Gasteiger partial charge in [-0.15, -0.1) is 11.3 Å². The summed E-state index contributed by atoms with van der Waals surface area (Å²) in [5.74, 6) is 3.44. The average Bonchev–Trinajstić information content (AvgIpc) is 3.61. The van der Waals surface area contributed by atoms with Crippen LogP contribution in [-0.2, 0) is 16.1 Å². The number of allylic oxidation sites excluding steroid dienone is 2. The van der Waals surface area contributed by atoms with Gasteiger partial charge in [-0.2, -0.15) is 0 Å². The first-order valence-electron chi connectivity index (χ1n) is 13.0. The predicted octanol–water partition coefficient (Wildman–Crippen LogP) is 4.17. The zero-order valence-corrected chi connectivity index (χ0v) is 23.7. The molecule has 5 N–H and O–H groups in total. The summed E-state index contributed by atoms with van der Waals surface area (Å²) >= 11 is 1.28. The second kappa shape index (κ2) is 11.3. The standard InChI is InChI=1S/C32H29N5O3S/c1-4-8-28(38)35-18-20-9-5-6-10-22(20)27-17-25-23(13-14-24(29(33)39)32(25,3)37-27)21-11-7-12-26(19(21)2)36-30(40)31-34-15-16-41-31/h5-7,9-17,24,37H,18H2,1-3H3,(H2,33,39)(H,35,38)(H,36,40). The Morgan fingerprint density at radius 1 is 1.15 bits per heavy atom. The van der Waals surface area contributed by atoms with Crippen LogP contribution < -0.4 is 21.7 Å². The highest BCUT2D eigenvalue weighted by molar-refractivity contribution is 7.11. The minimum absolute atomic E-state index is 0.269. The maximum absolute atomic E-state index is 12.7. The predicted molar refractivity (Wildman–Crippen MR) is 161 cm³/mol. The first-order chi connectivity index (χ1) is 19.7. The highest BCUT2D eigenvalue weighted by atomic mass is 32.1. The van der Waals surface area contributed by atoms with Crippen molar-refractivity contribution < 1.29 is 14.4 Å². The van der Waals surface area contributed by atoms with Crippen LogP contribution in [-0.4, -0.2) is 28.2 Å². The molecule has 1 aliphatic heterocycles. The summed E-state index contributed by atoms with van der Waals surface area (Å²) in [4.78, 5) is 41.5. The molecule has 2 atom stereocenters. The molecule has 0 saturated heterocycles. The van der Waals surface area contributed by atoms with Crippen molar-refractivity contribution in [2.45, 2.75) is 32.9 Å². The van der Waals surface area contributed by atoms with E-state index in [1.54, 1.807) is 18.5 Å². The van der Waals surface area contributed by atoms with Crippen LogP contribution >= 0.6 is 11.3 Å². The molecule has 206 valence electrons. The van der Waals surface area contributed by atoms with Crippen molar-refractivity contribution in [3.63, 3.8) is 0 Å². The molecule has 1 aromatic heterocycles. The first-order valence-corrected chi connectivity index (χ1v) is 13.9. The summed E-state index contributed by atoms with van der Waals surface area (Å²) in [6.07, 6.45) is 7.40. The smallest absolute Gasteiger partial charge is 0.296 e. The molecule has 8 nitrogen and oxygen atoms in total. The number of benzene rings is 2. The van der Waals surface area contributed by atoms with Crippen molar-refractivity contribution in [3.8, 4) is 11.8 Å². The number of thiazole rings is 1. The topological polar surface area (TPSA) is 126 Å². The number of nitrogens with two attached hydrogens (primary N) is 1. The number of hydrogen-bond donors (Lipinski definition) is 4. The van der Waals surface area contributed by atoms with E-state index in [1.165, 1.54) is 11.3 Å². The summed E-state index contributed by atoms with van der Waals surface area (Å²) in [5.41, 5.74) is 12.0. The van der Waals surface area contributed by atoms with E-state index < -0.39 is 17.4 Å². The molecule has 3 aromatic rings. The number of fused-ring (bicyclic) bond motifs is 1. The molecule has 9 heteroatoms. The Balaban J connectivity index is 1.58. The fraction of sp³-hybridized carbons (Fsp3) is 0.188. The van der Waals surface area contributed by atoms with Crippen molar-refractivity contribution in [1.29, 1.82) is 0 Å². The minimum Gasteiger partial charge on any atom is -0.374 e. The number of hydrogen-bond acceptors (Lipinski definition) is 6. The lowest BCUT2D eigenvalue weighted by Crippen LogP contribution is -2.51. The summed E-state index contributed by atoms with van der Waals surface area (Å²) in [6.45, 7) is 5.83. The second-order valence-corrected chi connectivity index (χ2v) is 10.8. The summed E-state index contributed by atoms with van der Waals surface area (Å²) in [7, 11) is 0. The Morgan fingerprint density at radius 3 is 2.66 bits per heavy atom. The zero-order chi connectivity index (χ0) is 29.1. The van der Waals surface area contributed by atoms with Crippen molar-refractivity contribution >= 4 is 46.0 Å². The Morgan fingerprint density at radius 2 is 1.93 bits per heavy atom. The summed E-state index contributed by atoms with van der Waals surface area (Å²) < 4.78 is 0. The van der Waals surface area contributed by atoms with Crippen LogP contribution in [0.2, 0.25) is 0 Å².